The second-order valence-corrected chi connectivity index (χ2v) is 4.94. The van der Waals surface area contributed by atoms with E-state index in [2.05, 4.69) is 42.9 Å². The van der Waals surface area contributed by atoms with Crippen molar-refractivity contribution in [2.75, 3.05) is 20.2 Å². The fraction of sp³-hybridized carbons (Fsp3) is 0.500. The van der Waals surface area contributed by atoms with E-state index in [1.165, 1.54) is 28.6 Å². The van der Waals surface area contributed by atoms with Crippen LogP contribution in [0.1, 0.15) is 24.6 Å². The van der Waals surface area contributed by atoms with Gasteiger partial charge in [-0.25, -0.2) is 0 Å². The Morgan fingerprint density at radius 1 is 1.32 bits per heavy atom. The van der Waals surface area contributed by atoms with Crippen LogP contribution < -0.4 is 10.1 Å². The van der Waals surface area contributed by atoms with Crippen molar-refractivity contribution in [3.63, 3.8) is 0 Å². The van der Waals surface area contributed by atoms with Crippen molar-refractivity contribution < 1.29 is 4.74 Å². The zero-order valence-electron chi connectivity index (χ0n) is 12.4. The van der Waals surface area contributed by atoms with Gasteiger partial charge in [0.25, 0.3) is 0 Å². The van der Waals surface area contributed by atoms with Gasteiger partial charge in [0, 0.05) is 18.1 Å². The van der Waals surface area contributed by atoms with Crippen molar-refractivity contribution in [2.45, 2.75) is 26.7 Å². The molecule has 0 saturated heterocycles. The Bertz CT molecular complexity index is 557. The Morgan fingerprint density at radius 3 is 2.79 bits per heavy atom. The fourth-order valence-electron chi connectivity index (χ4n) is 2.72. The molecule has 0 spiro atoms. The van der Waals surface area contributed by atoms with Crippen LogP contribution in [0, 0.1) is 6.92 Å². The summed E-state index contributed by atoms with van der Waals surface area (Å²) in [6.07, 6.45) is 2.29. The van der Waals surface area contributed by atoms with Crippen molar-refractivity contribution >= 4 is 10.9 Å². The molecule has 0 radical (unpaired) electrons. The minimum Gasteiger partial charge on any atom is -0.495 e. The van der Waals surface area contributed by atoms with E-state index in [0.29, 0.717) is 0 Å². The number of nitrogens with one attached hydrogen (secondary N) is 1. The molecule has 0 bridgehead atoms. The van der Waals surface area contributed by atoms with Crippen LogP contribution in [0.15, 0.2) is 18.2 Å². The molecule has 0 fully saturated rings. The number of nitrogens with zero attached hydrogens (tertiary/aromatic N) is 1. The average Bonchev–Trinajstić information content (AvgIpc) is 2.68. The highest BCUT2D eigenvalue weighted by Crippen LogP contribution is 2.32. The minimum absolute atomic E-state index is 0.959. The summed E-state index contributed by atoms with van der Waals surface area (Å²) in [6, 6.07) is 6.31. The highest BCUT2D eigenvalue weighted by atomic mass is 16.5. The third-order valence-corrected chi connectivity index (χ3v) is 3.85. The quantitative estimate of drug-likeness (QED) is 0.808. The lowest BCUT2D eigenvalue weighted by molar-refractivity contribution is 0.418. The van der Waals surface area contributed by atoms with Crippen LogP contribution in [0.2, 0.25) is 0 Å². The molecule has 0 aliphatic carbocycles. The lowest BCUT2D eigenvalue weighted by Gasteiger charge is -2.04. The Hall–Kier alpha value is -1.48. The van der Waals surface area contributed by atoms with Gasteiger partial charge in [0.15, 0.2) is 0 Å². The van der Waals surface area contributed by atoms with E-state index < -0.39 is 0 Å². The summed E-state index contributed by atoms with van der Waals surface area (Å²) in [7, 11) is 3.86. The standard InChI is InChI=1S/C16H24N2O/c1-5-17-11-7-9-13-12(2)18(3)16-14(13)8-6-10-15(16)19-4/h6,8,10,17H,5,7,9,11H2,1-4H3. The number of aromatic nitrogens is 1. The van der Waals surface area contributed by atoms with E-state index in [1.54, 1.807) is 7.11 Å². The van der Waals surface area contributed by atoms with Crippen molar-refractivity contribution in [1.82, 2.24) is 9.88 Å². The monoisotopic (exact) mass is 260 g/mol. The van der Waals surface area contributed by atoms with Crippen LogP contribution >= 0.6 is 0 Å². The first kappa shape index (κ1) is 13.9. The van der Waals surface area contributed by atoms with E-state index >= 15 is 0 Å². The molecule has 3 heteroatoms. The maximum absolute atomic E-state index is 5.49. The predicted octanol–water partition coefficient (Wildman–Crippen LogP) is 3.04. The minimum atomic E-state index is 0.959. The van der Waals surface area contributed by atoms with Gasteiger partial charge in [-0.1, -0.05) is 19.1 Å². The molecule has 0 aliphatic rings. The molecule has 19 heavy (non-hydrogen) atoms. The number of methoxy groups -OCH3 is 1. The third-order valence-electron chi connectivity index (χ3n) is 3.85. The summed E-state index contributed by atoms with van der Waals surface area (Å²) in [5, 5.41) is 4.71. The first-order valence-electron chi connectivity index (χ1n) is 7.02. The molecule has 0 amide bonds. The molecular weight excluding hydrogens is 236 g/mol. The number of para-hydroxylation sites is 1. The molecule has 104 valence electrons. The molecule has 0 aliphatic heterocycles. The second-order valence-electron chi connectivity index (χ2n) is 4.94. The smallest absolute Gasteiger partial charge is 0.143 e. The van der Waals surface area contributed by atoms with Crippen LogP contribution in [-0.2, 0) is 13.5 Å². The molecule has 0 unspecified atom stereocenters. The summed E-state index contributed by atoms with van der Waals surface area (Å²) < 4.78 is 7.73. The van der Waals surface area contributed by atoms with Crippen molar-refractivity contribution in [3.05, 3.63) is 29.5 Å². The summed E-state index contributed by atoms with van der Waals surface area (Å²) in [5.74, 6) is 0.959. The largest absolute Gasteiger partial charge is 0.495 e. The molecule has 1 aromatic heterocycles. The number of aryl methyl sites for hydroxylation is 2. The second kappa shape index (κ2) is 6.11. The van der Waals surface area contributed by atoms with Gasteiger partial charge in [0.05, 0.1) is 12.6 Å². The molecule has 0 saturated carbocycles. The molecule has 2 aromatic rings. The number of rotatable bonds is 6. The maximum atomic E-state index is 5.49. The Balaban J connectivity index is 2.36. The van der Waals surface area contributed by atoms with Gasteiger partial charge in [-0.2, -0.15) is 0 Å². The highest BCUT2D eigenvalue weighted by Gasteiger charge is 2.14. The molecular formula is C16H24N2O. The van der Waals surface area contributed by atoms with Gasteiger partial charge < -0.3 is 14.6 Å². The number of ether oxygens (including phenoxy) is 1. The SMILES string of the molecule is CCNCCCc1c(C)n(C)c2c(OC)cccc12. The zero-order chi connectivity index (χ0) is 13.8. The number of hydrogen-bond acceptors (Lipinski definition) is 2. The summed E-state index contributed by atoms with van der Waals surface area (Å²) >= 11 is 0. The Kier molecular flexibility index (Phi) is 4.48. The molecule has 3 nitrogen and oxygen atoms in total. The zero-order valence-corrected chi connectivity index (χ0v) is 12.4. The van der Waals surface area contributed by atoms with Gasteiger partial charge in [-0.15, -0.1) is 0 Å². The molecule has 1 heterocycles. The van der Waals surface area contributed by atoms with E-state index in [1.807, 2.05) is 6.07 Å². The molecule has 2 rings (SSSR count). The lowest BCUT2D eigenvalue weighted by atomic mass is 10.1. The van der Waals surface area contributed by atoms with E-state index in [0.717, 1.165) is 25.3 Å². The van der Waals surface area contributed by atoms with Crippen molar-refractivity contribution in [2.24, 2.45) is 7.05 Å². The topological polar surface area (TPSA) is 26.2 Å². The van der Waals surface area contributed by atoms with Crippen LogP contribution in [0.5, 0.6) is 5.75 Å². The summed E-state index contributed by atoms with van der Waals surface area (Å²) in [4.78, 5) is 0. The van der Waals surface area contributed by atoms with E-state index in [9.17, 15) is 0 Å². The summed E-state index contributed by atoms with van der Waals surface area (Å²) in [5.41, 5.74) is 4.01. The number of benzene rings is 1. The van der Waals surface area contributed by atoms with Gasteiger partial charge >= 0.3 is 0 Å². The Labute approximate surface area is 115 Å². The lowest BCUT2D eigenvalue weighted by Crippen LogP contribution is -2.14. The third kappa shape index (κ3) is 2.61. The predicted molar refractivity (Wildman–Crippen MR) is 81.1 cm³/mol. The molecule has 1 N–H and O–H groups in total. The van der Waals surface area contributed by atoms with Gasteiger partial charge in [0.2, 0.25) is 0 Å². The molecule has 0 atom stereocenters. The van der Waals surface area contributed by atoms with Crippen molar-refractivity contribution in [1.29, 1.82) is 0 Å². The van der Waals surface area contributed by atoms with Crippen molar-refractivity contribution in [3.8, 4) is 5.75 Å². The van der Waals surface area contributed by atoms with Gasteiger partial charge in [-0.3, -0.25) is 0 Å². The number of fused-ring (bicyclic) bond motifs is 1. The normalized spacial score (nSPS) is 11.2. The summed E-state index contributed by atoms with van der Waals surface area (Å²) in [6.45, 7) is 6.47. The number of hydrogen-bond donors (Lipinski definition) is 1. The van der Waals surface area contributed by atoms with E-state index in [4.69, 9.17) is 4.74 Å². The maximum Gasteiger partial charge on any atom is 0.143 e. The first-order chi connectivity index (χ1) is 9.20. The van der Waals surface area contributed by atoms with E-state index in [-0.39, 0.29) is 0 Å². The fourth-order valence-corrected chi connectivity index (χ4v) is 2.72. The Morgan fingerprint density at radius 2 is 2.11 bits per heavy atom. The van der Waals surface area contributed by atoms with Crippen LogP contribution in [0.3, 0.4) is 0 Å². The average molecular weight is 260 g/mol. The van der Waals surface area contributed by atoms with Crippen LogP contribution in [0.25, 0.3) is 10.9 Å². The first-order valence-corrected chi connectivity index (χ1v) is 7.02. The van der Waals surface area contributed by atoms with Crippen LogP contribution in [0.4, 0.5) is 0 Å². The molecule has 1 aromatic carbocycles. The highest BCUT2D eigenvalue weighted by molar-refractivity contribution is 5.90. The van der Waals surface area contributed by atoms with Crippen LogP contribution in [-0.4, -0.2) is 24.8 Å². The van der Waals surface area contributed by atoms with Gasteiger partial charge in [0.1, 0.15) is 5.75 Å². The van der Waals surface area contributed by atoms with Gasteiger partial charge in [-0.05, 0) is 44.5 Å².